The van der Waals surface area contributed by atoms with Crippen LogP contribution in [0.4, 0.5) is 0 Å². The van der Waals surface area contributed by atoms with Crippen LogP contribution < -0.4 is 5.32 Å². The zero-order chi connectivity index (χ0) is 10.9. The van der Waals surface area contributed by atoms with Gasteiger partial charge in [-0.05, 0) is 30.5 Å². The number of hydrogen-bond donors (Lipinski definition) is 1. The van der Waals surface area contributed by atoms with E-state index in [0.29, 0.717) is 5.02 Å². The Balaban J connectivity index is 2.38. The summed E-state index contributed by atoms with van der Waals surface area (Å²) in [5.74, 6) is 0.107. The van der Waals surface area contributed by atoms with E-state index in [1.807, 2.05) is 24.3 Å². The van der Waals surface area contributed by atoms with Gasteiger partial charge in [0.15, 0.2) is 0 Å². The SMILES string of the molecule is CNC(=O)C1(c2cccc(Cl)c2)CCC1. The first-order valence-electron chi connectivity index (χ1n) is 5.17. The van der Waals surface area contributed by atoms with Gasteiger partial charge in [0.25, 0.3) is 0 Å². The first-order chi connectivity index (χ1) is 7.19. The van der Waals surface area contributed by atoms with E-state index in [0.717, 1.165) is 24.8 Å². The van der Waals surface area contributed by atoms with Crippen molar-refractivity contribution in [2.45, 2.75) is 24.7 Å². The number of halogens is 1. The van der Waals surface area contributed by atoms with Crippen LogP contribution in [0.25, 0.3) is 0 Å². The van der Waals surface area contributed by atoms with Gasteiger partial charge in [0, 0.05) is 12.1 Å². The number of hydrogen-bond acceptors (Lipinski definition) is 1. The van der Waals surface area contributed by atoms with Crippen molar-refractivity contribution in [3.63, 3.8) is 0 Å². The Morgan fingerprint density at radius 3 is 2.67 bits per heavy atom. The summed E-state index contributed by atoms with van der Waals surface area (Å²) in [6.45, 7) is 0. The Morgan fingerprint density at radius 2 is 2.20 bits per heavy atom. The molecule has 1 N–H and O–H groups in total. The predicted octanol–water partition coefficient (Wildman–Crippen LogP) is 2.51. The first-order valence-corrected chi connectivity index (χ1v) is 5.55. The van der Waals surface area contributed by atoms with Gasteiger partial charge in [-0.3, -0.25) is 4.79 Å². The monoisotopic (exact) mass is 223 g/mol. The number of carbonyl (C=O) groups is 1. The molecule has 2 rings (SSSR count). The van der Waals surface area contributed by atoms with E-state index in [1.54, 1.807) is 7.05 Å². The largest absolute Gasteiger partial charge is 0.358 e. The third kappa shape index (κ3) is 1.63. The fourth-order valence-electron chi connectivity index (χ4n) is 2.20. The van der Waals surface area contributed by atoms with Gasteiger partial charge in [-0.25, -0.2) is 0 Å². The van der Waals surface area contributed by atoms with Crippen LogP contribution in [0.1, 0.15) is 24.8 Å². The second-order valence-electron chi connectivity index (χ2n) is 4.03. The lowest BCUT2D eigenvalue weighted by atomic mass is 9.64. The van der Waals surface area contributed by atoms with Crippen LogP contribution in [0.3, 0.4) is 0 Å². The summed E-state index contributed by atoms with van der Waals surface area (Å²) >= 11 is 5.95. The number of carbonyl (C=O) groups excluding carboxylic acids is 1. The molecule has 3 heteroatoms. The first kappa shape index (κ1) is 10.5. The van der Waals surface area contributed by atoms with Gasteiger partial charge in [0.1, 0.15) is 0 Å². The highest BCUT2D eigenvalue weighted by molar-refractivity contribution is 6.30. The minimum atomic E-state index is -0.320. The van der Waals surface area contributed by atoms with Gasteiger partial charge >= 0.3 is 0 Å². The highest BCUT2D eigenvalue weighted by Gasteiger charge is 2.45. The maximum Gasteiger partial charge on any atom is 0.230 e. The maximum atomic E-state index is 11.9. The van der Waals surface area contributed by atoms with Crippen molar-refractivity contribution in [1.82, 2.24) is 5.32 Å². The summed E-state index contributed by atoms with van der Waals surface area (Å²) in [6, 6.07) is 7.62. The third-order valence-electron chi connectivity index (χ3n) is 3.25. The average molecular weight is 224 g/mol. The van der Waals surface area contributed by atoms with E-state index in [4.69, 9.17) is 11.6 Å². The van der Waals surface area contributed by atoms with E-state index < -0.39 is 0 Å². The molecular formula is C12H14ClNO. The summed E-state index contributed by atoms with van der Waals surface area (Å²) in [5.41, 5.74) is 0.722. The van der Waals surface area contributed by atoms with E-state index >= 15 is 0 Å². The van der Waals surface area contributed by atoms with Crippen LogP contribution >= 0.6 is 11.6 Å². The molecule has 80 valence electrons. The summed E-state index contributed by atoms with van der Waals surface area (Å²) < 4.78 is 0. The molecule has 0 spiro atoms. The van der Waals surface area contributed by atoms with Crippen LogP contribution in [0.5, 0.6) is 0 Å². The molecule has 1 amide bonds. The normalized spacial score (nSPS) is 18.0. The van der Waals surface area contributed by atoms with Crippen LogP contribution in [0.15, 0.2) is 24.3 Å². The van der Waals surface area contributed by atoms with E-state index in [2.05, 4.69) is 5.32 Å². The average Bonchev–Trinajstić information content (AvgIpc) is 2.16. The fraction of sp³-hybridized carbons (Fsp3) is 0.417. The Morgan fingerprint density at radius 1 is 1.47 bits per heavy atom. The maximum absolute atomic E-state index is 11.9. The molecule has 0 aliphatic heterocycles. The highest BCUT2D eigenvalue weighted by atomic mass is 35.5. The zero-order valence-corrected chi connectivity index (χ0v) is 9.47. The van der Waals surface area contributed by atoms with Gasteiger partial charge in [-0.15, -0.1) is 0 Å². The molecule has 1 aliphatic rings. The van der Waals surface area contributed by atoms with E-state index in [9.17, 15) is 4.79 Å². The Kier molecular flexibility index (Phi) is 2.70. The molecule has 15 heavy (non-hydrogen) atoms. The molecule has 1 aromatic carbocycles. The third-order valence-corrected chi connectivity index (χ3v) is 3.48. The van der Waals surface area contributed by atoms with Crippen molar-refractivity contribution in [2.24, 2.45) is 0 Å². The molecule has 1 saturated carbocycles. The molecule has 0 unspecified atom stereocenters. The van der Waals surface area contributed by atoms with Crippen molar-refractivity contribution >= 4 is 17.5 Å². The molecule has 0 aromatic heterocycles. The Bertz CT molecular complexity index is 385. The number of rotatable bonds is 2. The molecule has 1 aromatic rings. The molecular weight excluding hydrogens is 210 g/mol. The molecule has 0 bridgehead atoms. The van der Waals surface area contributed by atoms with Crippen molar-refractivity contribution in [3.05, 3.63) is 34.9 Å². The van der Waals surface area contributed by atoms with Gasteiger partial charge in [0.2, 0.25) is 5.91 Å². The zero-order valence-electron chi connectivity index (χ0n) is 8.72. The van der Waals surface area contributed by atoms with Crippen molar-refractivity contribution in [2.75, 3.05) is 7.05 Å². The summed E-state index contributed by atoms with van der Waals surface area (Å²) in [4.78, 5) is 11.9. The lowest BCUT2D eigenvalue weighted by molar-refractivity contribution is -0.129. The van der Waals surface area contributed by atoms with Crippen molar-refractivity contribution in [1.29, 1.82) is 0 Å². The summed E-state index contributed by atoms with van der Waals surface area (Å²) in [6.07, 6.45) is 2.96. The number of amides is 1. The number of nitrogens with one attached hydrogen (secondary N) is 1. The minimum absolute atomic E-state index is 0.107. The standard InChI is InChI=1S/C12H14ClNO/c1-14-11(15)12(6-3-7-12)9-4-2-5-10(13)8-9/h2,4-5,8H,3,6-7H2,1H3,(H,14,15). The van der Waals surface area contributed by atoms with Gasteiger partial charge in [-0.2, -0.15) is 0 Å². The molecule has 1 aliphatic carbocycles. The van der Waals surface area contributed by atoms with Crippen LogP contribution in [0, 0.1) is 0 Å². The molecule has 2 nitrogen and oxygen atoms in total. The molecule has 0 atom stereocenters. The summed E-state index contributed by atoms with van der Waals surface area (Å²) in [7, 11) is 1.69. The predicted molar refractivity (Wildman–Crippen MR) is 61.0 cm³/mol. The van der Waals surface area contributed by atoms with Crippen molar-refractivity contribution in [3.8, 4) is 0 Å². The highest BCUT2D eigenvalue weighted by Crippen LogP contribution is 2.44. The van der Waals surface area contributed by atoms with Gasteiger partial charge < -0.3 is 5.32 Å². The van der Waals surface area contributed by atoms with Crippen LogP contribution in [0.2, 0.25) is 5.02 Å². The van der Waals surface area contributed by atoms with Gasteiger partial charge in [0.05, 0.1) is 5.41 Å². The molecule has 1 fully saturated rings. The van der Waals surface area contributed by atoms with E-state index in [-0.39, 0.29) is 11.3 Å². The van der Waals surface area contributed by atoms with Crippen LogP contribution in [-0.4, -0.2) is 13.0 Å². The Hall–Kier alpha value is -1.02. The van der Waals surface area contributed by atoms with E-state index in [1.165, 1.54) is 0 Å². The molecule has 0 saturated heterocycles. The van der Waals surface area contributed by atoms with Crippen molar-refractivity contribution < 1.29 is 4.79 Å². The van der Waals surface area contributed by atoms with Crippen LogP contribution in [-0.2, 0) is 10.2 Å². The number of likely N-dealkylation sites (N-methyl/N-ethyl adjacent to an activating group) is 1. The molecule has 0 heterocycles. The number of benzene rings is 1. The smallest absolute Gasteiger partial charge is 0.230 e. The van der Waals surface area contributed by atoms with Gasteiger partial charge in [-0.1, -0.05) is 30.2 Å². The lowest BCUT2D eigenvalue weighted by Crippen LogP contribution is -2.48. The quantitative estimate of drug-likeness (QED) is 0.820. The second kappa shape index (κ2) is 3.86. The Labute approximate surface area is 94.6 Å². The topological polar surface area (TPSA) is 29.1 Å². The fourth-order valence-corrected chi connectivity index (χ4v) is 2.39. The summed E-state index contributed by atoms with van der Waals surface area (Å²) in [5, 5.41) is 3.44. The second-order valence-corrected chi connectivity index (χ2v) is 4.46. The lowest BCUT2D eigenvalue weighted by Gasteiger charge is -2.40. The molecule has 0 radical (unpaired) electrons. The minimum Gasteiger partial charge on any atom is -0.358 e.